The lowest BCUT2D eigenvalue weighted by atomic mass is 10.1. The predicted octanol–water partition coefficient (Wildman–Crippen LogP) is 2.52. The minimum absolute atomic E-state index is 0.0872. The summed E-state index contributed by atoms with van der Waals surface area (Å²) in [6.45, 7) is 5.25. The number of aryl methyl sites for hydroxylation is 2. The summed E-state index contributed by atoms with van der Waals surface area (Å²) in [5.41, 5.74) is 2.36. The molecule has 1 aromatic carbocycles. The predicted molar refractivity (Wildman–Crippen MR) is 77.2 cm³/mol. The summed E-state index contributed by atoms with van der Waals surface area (Å²) in [6.07, 6.45) is 1.94. The Hall–Kier alpha value is -2.56. The first-order chi connectivity index (χ1) is 9.97. The van der Waals surface area contributed by atoms with Crippen LogP contribution in [0.25, 0.3) is 0 Å². The standard InChI is InChI=1S/C16H16N2O3/c1-10-4-6-13(7-5-10)15(19)12(3)21-16(20)14-9-17-11(2)8-18-14/h4-9,12H,1-3H3/t12-/m0/s1. The zero-order chi connectivity index (χ0) is 15.4. The van der Waals surface area contributed by atoms with Gasteiger partial charge in [0.15, 0.2) is 11.8 Å². The number of ether oxygens (including phenoxy) is 1. The topological polar surface area (TPSA) is 69.2 Å². The number of hydrogen-bond donors (Lipinski definition) is 0. The van der Waals surface area contributed by atoms with Gasteiger partial charge in [0.05, 0.1) is 11.9 Å². The Balaban J connectivity index is 2.05. The third kappa shape index (κ3) is 3.72. The maximum Gasteiger partial charge on any atom is 0.359 e. The fourth-order valence-corrected chi connectivity index (χ4v) is 1.72. The van der Waals surface area contributed by atoms with Crippen molar-refractivity contribution >= 4 is 11.8 Å². The third-order valence-electron chi connectivity index (χ3n) is 2.98. The molecule has 2 aromatic rings. The molecule has 2 rings (SSSR count). The first kappa shape index (κ1) is 14.8. The molecular formula is C16H16N2O3. The largest absolute Gasteiger partial charge is 0.449 e. The van der Waals surface area contributed by atoms with E-state index in [1.54, 1.807) is 26.0 Å². The van der Waals surface area contributed by atoms with Gasteiger partial charge in [-0.2, -0.15) is 0 Å². The second kappa shape index (κ2) is 6.26. The van der Waals surface area contributed by atoms with Crippen LogP contribution in [-0.4, -0.2) is 27.8 Å². The van der Waals surface area contributed by atoms with Crippen LogP contribution in [0.4, 0.5) is 0 Å². The van der Waals surface area contributed by atoms with E-state index >= 15 is 0 Å². The minimum atomic E-state index is -0.872. The van der Waals surface area contributed by atoms with E-state index < -0.39 is 12.1 Å². The highest BCUT2D eigenvalue weighted by atomic mass is 16.5. The van der Waals surface area contributed by atoms with E-state index in [2.05, 4.69) is 9.97 Å². The number of benzene rings is 1. The number of ketones is 1. The first-order valence-electron chi connectivity index (χ1n) is 6.58. The molecule has 0 aliphatic rings. The van der Waals surface area contributed by atoms with Crippen LogP contribution in [0.5, 0.6) is 0 Å². The van der Waals surface area contributed by atoms with Gasteiger partial charge in [-0.1, -0.05) is 29.8 Å². The van der Waals surface area contributed by atoms with Crippen molar-refractivity contribution in [1.29, 1.82) is 0 Å². The highest BCUT2D eigenvalue weighted by molar-refractivity contribution is 6.01. The normalized spacial score (nSPS) is 11.8. The zero-order valence-electron chi connectivity index (χ0n) is 12.2. The summed E-state index contributed by atoms with van der Waals surface area (Å²) in [6, 6.07) is 7.11. The van der Waals surface area contributed by atoms with Crippen LogP contribution in [0.3, 0.4) is 0 Å². The summed E-state index contributed by atoms with van der Waals surface area (Å²) in [4.78, 5) is 31.9. The molecule has 1 atom stereocenters. The number of nitrogens with zero attached hydrogens (tertiary/aromatic N) is 2. The molecule has 0 saturated carbocycles. The van der Waals surface area contributed by atoms with Crippen molar-refractivity contribution in [1.82, 2.24) is 9.97 Å². The van der Waals surface area contributed by atoms with E-state index in [1.165, 1.54) is 12.4 Å². The van der Waals surface area contributed by atoms with Crippen molar-refractivity contribution in [3.05, 3.63) is 59.2 Å². The van der Waals surface area contributed by atoms with Gasteiger partial charge in [0, 0.05) is 11.8 Å². The average Bonchev–Trinajstić information content (AvgIpc) is 2.47. The summed E-state index contributed by atoms with van der Waals surface area (Å²) in [5.74, 6) is -0.904. The molecule has 0 fully saturated rings. The summed E-state index contributed by atoms with van der Waals surface area (Å²) >= 11 is 0. The van der Waals surface area contributed by atoms with Crippen LogP contribution in [0.2, 0.25) is 0 Å². The fraction of sp³-hybridized carbons (Fsp3) is 0.250. The molecule has 0 saturated heterocycles. The van der Waals surface area contributed by atoms with E-state index in [0.29, 0.717) is 11.3 Å². The highest BCUT2D eigenvalue weighted by Crippen LogP contribution is 2.10. The van der Waals surface area contributed by atoms with Gasteiger partial charge < -0.3 is 4.74 Å². The Labute approximate surface area is 123 Å². The number of carbonyl (C=O) groups excluding carboxylic acids is 2. The maximum atomic E-state index is 12.2. The van der Waals surface area contributed by atoms with Gasteiger partial charge >= 0.3 is 5.97 Å². The van der Waals surface area contributed by atoms with Crippen molar-refractivity contribution in [3.8, 4) is 0 Å². The SMILES string of the molecule is Cc1ccc(C(=O)[C@H](C)OC(=O)c2cnc(C)cn2)cc1. The molecule has 0 unspecified atom stereocenters. The summed E-state index contributed by atoms with van der Waals surface area (Å²) in [7, 11) is 0. The van der Waals surface area contributed by atoms with Crippen molar-refractivity contribution < 1.29 is 14.3 Å². The monoisotopic (exact) mass is 284 g/mol. The number of hydrogen-bond acceptors (Lipinski definition) is 5. The Morgan fingerprint density at radius 2 is 1.71 bits per heavy atom. The molecule has 108 valence electrons. The van der Waals surface area contributed by atoms with E-state index in [1.807, 2.05) is 19.1 Å². The molecular weight excluding hydrogens is 268 g/mol. The van der Waals surface area contributed by atoms with Gasteiger partial charge in [-0.3, -0.25) is 9.78 Å². The van der Waals surface area contributed by atoms with Gasteiger partial charge in [-0.05, 0) is 20.8 Å². The number of Topliss-reactive ketones (excluding diaryl/α,β-unsaturated/α-hetero) is 1. The number of aromatic nitrogens is 2. The minimum Gasteiger partial charge on any atom is -0.449 e. The average molecular weight is 284 g/mol. The van der Waals surface area contributed by atoms with E-state index in [9.17, 15) is 9.59 Å². The number of esters is 1. The first-order valence-corrected chi connectivity index (χ1v) is 6.58. The third-order valence-corrected chi connectivity index (χ3v) is 2.98. The molecule has 0 amide bonds. The van der Waals surface area contributed by atoms with Crippen molar-refractivity contribution in [2.75, 3.05) is 0 Å². The van der Waals surface area contributed by atoms with Crippen LogP contribution in [0, 0.1) is 13.8 Å². The lowest BCUT2D eigenvalue weighted by Crippen LogP contribution is -2.25. The highest BCUT2D eigenvalue weighted by Gasteiger charge is 2.21. The van der Waals surface area contributed by atoms with Crippen molar-refractivity contribution in [2.45, 2.75) is 26.9 Å². The molecule has 0 aliphatic heterocycles. The van der Waals surface area contributed by atoms with Crippen molar-refractivity contribution in [3.63, 3.8) is 0 Å². The smallest absolute Gasteiger partial charge is 0.359 e. The van der Waals surface area contributed by atoms with E-state index in [4.69, 9.17) is 4.74 Å². The van der Waals surface area contributed by atoms with Crippen LogP contribution >= 0.6 is 0 Å². The van der Waals surface area contributed by atoms with Crippen LogP contribution in [0.15, 0.2) is 36.7 Å². The molecule has 0 aliphatic carbocycles. The second-order valence-electron chi connectivity index (χ2n) is 4.82. The maximum absolute atomic E-state index is 12.2. The van der Waals surface area contributed by atoms with E-state index in [-0.39, 0.29) is 11.5 Å². The van der Waals surface area contributed by atoms with Gasteiger partial charge in [0.2, 0.25) is 5.78 Å². The zero-order valence-corrected chi connectivity index (χ0v) is 12.2. The lowest BCUT2D eigenvalue weighted by molar-refractivity contribution is 0.0312. The Kier molecular flexibility index (Phi) is 4.42. The molecule has 1 heterocycles. The lowest BCUT2D eigenvalue weighted by Gasteiger charge is -2.12. The molecule has 0 N–H and O–H groups in total. The molecule has 0 spiro atoms. The van der Waals surface area contributed by atoms with Gasteiger partial charge in [0.1, 0.15) is 0 Å². The number of rotatable bonds is 4. The van der Waals surface area contributed by atoms with Crippen LogP contribution in [0.1, 0.15) is 39.0 Å². The van der Waals surface area contributed by atoms with Gasteiger partial charge in [0.25, 0.3) is 0 Å². The van der Waals surface area contributed by atoms with Gasteiger partial charge in [-0.15, -0.1) is 0 Å². The summed E-state index contributed by atoms with van der Waals surface area (Å²) in [5, 5.41) is 0. The Morgan fingerprint density at radius 3 is 2.29 bits per heavy atom. The Bertz CT molecular complexity index is 648. The van der Waals surface area contributed by atoms with Crippen LogP contribution in [-0.2, 0) is 4.74 Å². The number of carbonyl (C=O) groups is 2. The molecule has 0 bridgehead atoms. The van der Waals surface area contributed by atoms with Crippen LogP contribution < -0.4 is 0 Å². The van der Waals surface area contributed by atoms with Gasteiger partial charge in [-0.25, -0.2) is 9.78 Å². The second-order valence-corrected chi connectivity index (χ2v) is 4.82. The fourth-order valence-electron chi connectivity index (χ4n) is 1.72. The van der Waals surface area contributed by atoms with E-state index in [0.717, 1.165) is 5.56 Å². The molecule has 0 radical (unpaired) electrons. The molecule has 5 heteroatoms. The summed E-state index contributed by atoms with van der Waals surface area (Å²) < 4.78 is 5.13. The quantitative estimate of drug-likeness (QED) is 0.637. The molecule has 5 nitrogen and oxygen atoms in total. The Morgan fingerprint density at radius 1 is 1.05 bits per heavy atom. The molecule has 1 aromatic heterocycles. The molecule has 21 heavy (non-hydrogen) atoms. The van der Waals surface area contributed by atoms with Crippen molar-refractivity contribution in [2.24, 2.45) is 0 Å².